The SMILES string of the molecule is Cc1ccc(OCC(=O)OCC(=O)NN2C(=O)NC3(CCCCC3)C2=O)c(C)c1. The first-order chi connectivity index (χ1) is 13.8. The summed E-state index contributed by atoms with van der Waals surface area (Å²) in [5.74, 6) is -1.43. The fourth-order valence-electron chi connectivity index (χ4n) is 3.66. The number of esters is 1. The van der Waals surface area contributed by atoms with Gasteiger partial charge in [0.1, 0.15) is 11.3 Å². The van der Waals surface area contributed by atoms with Crippen molar-refractivity contribution < 1.29 is 28.7 Å². The van der Waals surface area contributed by atoms with E-state index >= 15 is 0 Å². The van der Waals surface area contributed by atoms with Crippen LogP contribution in [0.2, 0.25) is 0 Å². The van der Waals surface area contributed by atoms with Gasteiger partial charge in [-0.05, 0) is 38.3 Å². The van der Waals surface area contributed by atoms with Crippen molar-refractivity contribution in [2.24, 2.45) is 0 Å². The Balaban J connectivity index is 1.45. The van der Waals surface area contributed by atoms with Gasteiger partial charge in [0, 0.05) is 0 Å². The number of hydrogen-bond donors (Lipinski definition) is 2. The van der Waals surface area contributed by atoms with Gasteiger partial charge in [-0.2, -0.15) is 5.01 Å². The Hall–Kier alpha value is -3.10. The molecule has 156 valence electrons. The Labute approximate surface area is 168 Å². The number of carbonyl (C=O) groups is 4. The van der Waals surface area contributed by atoms with Crippen molar-refractivity contribution >= 4 is 23.8 Å². The number of nitrogens with one attached hydrogen (secondary N) is 2. The maximum absolute atomic E-state index is 12.6. The van der Waals surface area contributed by atoms with E-state index in [1.165, 1.54) is 0 Å². The average molecular weight is 403 g/mol. The molecule has 2 N–H and O–H groups in total. The standard InChI is InChI=1S/C20H25N3O6/c1-13-6-7-15(14(2)10-13)28-12-17(25)29-11-16(24)22-23-18(26)20(21-19(23)27)8-4-3-5-9-20/h6-7,10H,3-5,8-9,11-12H2,1-2H3,(H,21,27)(H,22,24). The molecule has 2 aliphatic rings. The van der Waals surface area contributed by atoms with E-state index in [4.69, 9.17) is 9.47 Å². The maximum Gasteiger partial charge on any atom is 0.344 e. The highest BCUT2D eigenvalue weighted by Gasteiger charge is 2.52. The molecule has 1 spiro atoms. The van der Waals surface area contributed by atoms with E-state index in [9.17, 15) is 19.2 Å². The molecule has 1 heterocycles. The first kappa shape index (κ1) is 20.6. The van der Waals surface area contributed by atoms with Gasteiger partial charge in [-0.25, -0.2) is 9.59 Å². The van der Waals surface area contributed by atoms with E-state index in [0.717, 1.165) is 30.4 Å². The number of aryl methyl sites for hydroxylation is 2. The van der Waals surface area contributed by atoms with Crippen molar-refractivity contribution in [3.05, 3.63) is 29.3 Å². The third kappa shape index (κ3) is 4.67. The lowest BCUT2D eigenvalue weighted by molar-refractivity contribution is -0.152. The summed E-state index contributed by atoms with van der Waals surface area (Å²) in [5.41, 5.74) is 3.23. The molecule has 9 nitrogen and oxygen atoms in total. The molecule has 29 heavy (non-hydrogen) atoms. The van der Waals surface area contributed by atoms with Gasteiger partial charge in [0.05, 0.1) is 0 Å². The van der Waals surface area contributed by atoms with Crippen LogP contribution in [0.4, 0.5) is 4.79 Å². The minimum atomic E-state index is -0.932. The minimum absolute atomic E-state index is 0.358. The van der Waals surface area contributed by atoms with Gasteiger partial charge < -0.3 is 14.8 Å². The molecule has 0 aromatic heterocycles. The summed E-state index contributed by atoms with van der Waals surface area (Å²) in [6, 6.07) is 4.86. The van der Waals surface area contributed by atoms with E-state index in [2.05, 4.69) is 10.7 Å². The zero-order valence-electron chi connectivity index (χ0n) is 16.6. The fraction of sp³-hybridized carbons (Fsp3) is 0.500. The van der Waals surface area contributed by atoms with Crippen LogP contribution in [0.25, 0.3) is 0 Å². The summed E-state index contributed by atoms with van der Waals surface area (Å²) in [5, 5.41) is 3.36. The predicted molar refractivity (Wildman–Crippen MR) is 102 cm³/mol. The van der Waals surface area contributed by atoms with Crippen LogP contribution in [0.3, 0.4) is 0 Å². The molecule has 1 aliphatic carbocycles. The first-order valence-corrected chi connectivity index (χ1v) is 9.63. The highest BCUT2D eigenvalue weighted by molar-refractivity contribution is 6.08. The summed E-state index contributed by atoms with van der Waals surface area (Å²) < 4.78 is 10.3. The largest absolute Gasteiger partial charge is 0.482 e. The number of urea groups is 1. The Morgan fingerprint density at radius 3 is 2.55 bits per heavy atom. The van der Waals surface area contributed by atoms with Crippen LogP contribution in [-0.2, 0) is 19.1 Å². The third-order valence-corrected chi connectivity index (χ3v) is 5.15. The van der Waals surface area contributed by atoms with Gasteiger partial charge in [-0.1, -0.05) is 37.0 Å². The summed E-state index contributed by atoms with van der Waals surface area (Å²) >= 11 is 0. The number of carbonyl (C=O) groups excluding carboxylic acids is 4. The van der Waals surface area contributed by atoms with Crippen LogP contribution in [0.1, 0.15) is 43.2 Å². The molecule has 1 saturated heterocycles. The molecule has 1 saturated carbocycles. The van der Waals surface area contributed by atoms with Gasteiger partial charge in [-0.3, -0.25) is 15.0 Å². The molecular formula is C20H25N3O6. The van der Waals surface area contributed by atoms with Crippen molar-refractivity contribution in [1.82, 2.24) is 15.8 Å². The molecule has 4 amide bonds. The molecule has 3 rings (SSSR count). The van der Waals surface area contributed by atoms with Gasteiger partial charge in [-0.15, -0.1) is 0 Å². The van der Waals surface area contributed by atoms with Crippen LogP contribution < -0.4 is 15.5 Å². The van der Waals surface area contributed by atoms with Crippen LogP contribution in [-0.4, -0.2) is 47.6 Å². The third-order valence-electron chi connectivity index (χ3n) is 5.15. The summed E-state index contributed by atoms with van der Waals surface area (Å²) in [6.45, 7) is 2.83. The minimum Gasteiger partial charge on any atom is -0.482 e. The maximum atomic E-state index is 12.6. The Morgan fingerprint density at radius 2 is 1.86 bits per heavy atom. The Kier molecular flexibility index (Phi) is 6.05. The van der Waals surface area contributed by atoms with Crippen molar-refractivity contribution in [2.45, 2.75) is 51.5 Å². The second-order valence-electron chi connectivity index (χ2n) is 7.47. The highest BCUT2D eigenvalue weighted by atomic mass is 16.6. The van der Waals surface area contributed by atoms with Crippen molar-refractivity contribution in [1.29, 1.82) is 0 Å². The highest BCUT2D eigenvalue weighted by Crippen LogP contribution is 2.32. The summed E-state index contributed by atoms with van der Waals surface area (Å²) in [7, 11) is 0. The number of imide groups is 1. The number of hydrazine groups is 1. The molecule has 1 aliphatic heterocycles. The van der Waals surface area contributed by atoms with Crippen LogP contribution in [0, 0.1) is 13.8 Å². The van der Waals surface area contributed by atoms with Gasteiger partial charge >= 0.3 is 12.0 Å². The zero-order valence-corrected chi connectivity index (χ0v) is 16.6. The average Bonchev–Trinajstić information content (AvgIpc) is 2.90. The topological polar surface area (TPSA) is 114 Å². The zero-order chi connectivity index (χ0) is 21.0. The molecule has 0 bridgehead atoms. The van der Waals surface area contributed by atoms with E-state index in [0.29, 0.717) is 23.6 Å². The first-order valence-electron chi connectivity index (χ1n) is 9.63. The lowest BCUT2D eigenvalue weighted by atomic mass is 9.82. The number of rotatable bonds is 6. The molecular weight excluding hydrogens is 378 g/mol. The van der Waals surface area contributed by atoms with Gasteiger partial charge in [0.25, 0.3) is 11.8 Å². The smallest absolute Gasteiger partial charge is 0.344 e. The number of nitrogens with zero attached hydrogens (tertiary/aromatic N) is 1. The number of hydrogen-bond acceptors (Lipinski definition) is 6. The predicted octanol–water partition coefficient (Wildman–Crippen LogP) is 1.51. The molecule has 2 fully saturated rings. The fourth-order valence-corrected chi connectivity index (χ4v) is 3.66. The molecule has 0 atom stereocenters. The van der Waals surface area contributed by atoms with Crippen molar-refractivity contribution in [3.63, 3.8) is 0 Å². The summed E-state index contributed by atoms with van der Waals surface area (Å²) in [4.78, 5) is 48.5. The Morgan fingerprint density at radius 1 is 1.14 bits per heavy atom. The van der Waals surface area contributed by atoms with Crippen molar-refractivity contribution in [3.8, 4) is 5.75 Å². The van der Waals surface area contributed by atoms with Gasteiger partial charge in [0.15, 0.2) is 13.2 Å². The number of ether oxygens (including phenoxy) is 2. The lowest BCUT2D eigenvalue weighted by Gasteiger charge is -2.30. The molecule has 0 radical (unpaired) electrons. The number of amides is 4. The van der Waals surface area contributed by atoms with E-state index in [-0.39, 0.29) is 6.61 Å². The molecule has 0 unspecified atom stereocenters. The second kappa shape index (κ2) is 8.50. The van der Waals surface area contributed by atoms with E-state index in [1.54, 1.807) is 6.07 Å². The number of benzene rings is 1. The summed E-state index contributed by atoms with van der Waals surface area (Å²) in [6.07, 6.45) is 3.79. The van der Waals surface area contributed by atoms with Crippen molar-refractivity contribution in [2.75, 3.05) is 13.2 Å². The van der Waals surface area contributed by atoms with Crippen LogP contribution in [0.15, 0.2) is 18.2 Å². The normalized spacial score (nSPS) is 17.8. The lowest BCUT2D eigenvalue weighted by Crippen LogP contribution is -2.51. The monoisotopic (exact) mass is 403 g/mol. The van der Waals surface area contributed by atoms with Gasteiger partial charge in [0.2, 0.25) is 0 Å². The van der Waals surface area contributed by atoms with Crippen LogP contribution >= 0.6 is 0 Å². The molecule has 9 heteroatoms. The van der Waals surface area contributed by atoms with E-state index in [1.807, 2.05) is 26.0 Å². The Bertz CT molecular complexity index is 832. The van der Waals surface area contributed by atoms with Crippen LogP contribution in [0.5, 0.6) is 5.75 Å². The molecule has 1 aromatic rings. The second-order valence-corrected chi connectivity index (χ2v) is 7.47. The molecule has 1 aromatic carbocycles. The van der Waals surface area contributed by atoms with E-state index < -0.39 is 36.0 Å². The quantitative estimate of drug-likeness (QED) is 0.550.